The Morgan fingerprint density at radius 1 is 1.06 bits per heavy atom. The molecule has 9 heteroatoms. The van der Waals surface area contributed by atoms with E-state index in [2.05, 4.69) is 0 Å². The first-order valence-corrected chi connectivity index (χ1v) is 6.69. The third-order valence-corrected chi connectivity index (χ3v) is 7.10. The van der Waals surface area contributed by atoms with Crippen LogP contribution in [0.25, 0.3) is 0 Å². The zero-order valence-corrected chi connectivity index (χ0v) is 12.5. The van der Waals surface area contributed by atoms with Crippen LogP contribution < -0.4 is 0 Å². The molecule has 3 rings (SSSR count). The lowest BCUT2D eigenvalue weighted by Crippen LogP contribution is -2.53. The third-order valence-electron chi connectivity index (χ3n) is 3.55. The van der Waals surface area contributed by atoms with Gasteiger partial charge in [0.15, 0.2) is 27.0 Å². The average molecular weight is 354 g/mol. The molecule has 1 heterocycles. The number of methoxy groups -OCH3 is 1. The molecule has 1 aliphatic heterocycles. The van der Waals surface area contributed by atoms with Crippen LogP contribution in [0.1, 0.15) is 0 Å². The summed E-state index contributed by atoms with van der Waals surface area (Å²) in [6, 6.07) is 0. The van der Waals surface area contributed by atoms with Crippen molar-refractivity contribution < 1.29 is 19.0 Å². The lowest BCUT2D eigenvalue weighted by molar-refractivity contribution is 0.0122. The van der Waals surface area contributed by atoms with Crippen molar-refractivity contribution in [2.75, 3.05) is 7.11 Å². The summed E-state index contributed by atoms with van der Waals surface area (Å²) >= 11 is 31.4. The molecule has 3 aliphatic rings. The molecule has 4 nitrogen and oxygen atoms in total. The van der Waals surface area contributed by atoms with Crippen LogP contribution in [0.3, 0.4) is 0 Å². The van der Waals surface area contributed by atoms with Gasteiger partial charge in [0, 0.05) is 7.11 Å². The van der Waals surface area contributed by atoms with Crippen molar-refractivity contribution in [3.05, 3.63) is 10.1 Å². The minimum absolute atomic E-state index is 0.00256. The number of carbonyl (C=O) groups excluding carboxylic acids is 1. The number of rotatable bonds is 1. The van der Waals surface area contributed by atoms with Gasteiger partial charge in [0.1, 0.15) is 0 Å². The number of alkyl halides is 3. The van der Waals surface area contributed by atoms with E-state index in [9.17, 15) is 4.79 Å². The van der Waals surface area contributed by atoms with Gasteiger partial charge in [0.25, 0.3) is 0 Å². The van der Waals surface area contributed by atoms with Crippen LogP contribution in [0.15, 0.2) is 10.1 Å². The van der Waals surface area contributed by atoms with Crippen molar-refractivity contribution in [1.29, 1.82) is 0 Å². The van der Waals surface area contributed by atoms with E-state index in [4.69, 9.17) is 72.2 Å². The van der Waals surface area contributed by atoms with E-state index in [0.717, 1.165) is 0 Å². The van der Waals surface area contributed by atoms with Crippen LogP contribution in [0.4, 0.5) is 4.79 Å². The van der Waals surface area contributed by atoms with Crippen molar-refractivity contribution in [3.8, 4) is 0 Å². The Labute approximate surface area is 127 Å². The first-order valence-electron chi connectivity index (χ1n) is 4.80. The monoisotopic (exact) mass is 352 g/mol. The molecule has 0 amide bonds. The SMILES string of the molecule is COC1(Cl)[C@@]2(Cl)C(Cl)=C(Cl)[C@]1(Cl)[C@@H]1OC(=O)O[C@@H]12. The highest BCUT2D eigenvalue weighted by Crippen LogP contribution is 2.72. The van der Waals surface area contributed by atoms with Crippen LogP contribution in [0.2, 0.25) is 0 Å². The smallest absolute Gasteiger partial charge is 0.424 e. The Morgan fingerprint density at radius 3 is 1.78 bits per heavy atom. The number of hydrogen-bond donors (Lipinski definition) is 0. The third kappa shape index (κ3) is 1.03. The van der Waals surface area contributed by atoms with Gasteiger partial charge in [-0.05, 0) is 0 Å². The molecule has 2 bridgehead atoms. The van der Waals surface area contributed by atoms with Gasteiger partial charge in [-0.15, -0.1) is 23.2 Å². The molecule has 0 aromatic carbocycles. The lowest BCUT2D eigenvalue weighted by Gasteiger charge is -2.36. The maximum atomic E-state index is 11.2. The molecule has 100 valence electrons. The highest BCUT2D eigenvalue weighted by atomic mass is 35.5. The van der Waals surface area contributed by atoms with Crippen LogP contribution >= 0.6 is 58.0 Å². The number of hydrogen-bond acceptors (Lipinski definition) is 4. The molecular formula is C9H5Cl5O4. The van der Waals surface area contributed by atoms with E-state index in [-0.39, 0.29) is 10.1 Å². The summed E-state index contributed by atoms with van der Waals surface area (Å²) in [5, 5.41) is -1.68. The molecule has 0 aromatic heterocycles. The Kier molecular flexibility index (Phi) is 2.64. The van der Waals surface area contributed by atoms with Gasteiger partial charge >= 0.3 is 6.16 Å². The topological polar surface area (TPSA) is 44.8 Å². The average Bonchev–Trinajstić information content (AvgIpc) is 2.83. The standard InChI is InChI=1S/C9H5Cl5O4/c1-16-9(14)7(12)2(10)3(11)8(9,13)5-4(7)17-6(15)18-5/h4-5H,1H3/t4-,5+,7+,8-,9?. The highest BCUT2D eigenvalue weighted by molar-refractivity contribution is 6.56. The van der Waals surface area contributed by atoms with Gasteiger partial charge in [0.2, 0.25) is 0 Å². The predicted molar refractivity (Wildman–Crippen MR) is 66.6 cm³/mol. The fraction of sp³-hybridized carbons (Fsp3) is 0.667. The van der Waals surface area contributed by atoms with Gasteiger partial charge in [-0.2, -0.15) is 0 Å². The van der Waals surface area contributed by atoms with E-state index in [1.165, 1.54) is 7.11 Å². The van der Waals surface area contributed by atoms with Crippen molar-refractivity contribution >= 4 is 64.2 Å². The van der Waals surface area contributed by atoms with E-state index >= 15 is 0 Å². The second kappa shape index (κ2) is 3.54. The summed E-state index contributed by atoms with van der Waals surface area (Å²) in [4.78, 5) is 8.06. The first-order chi connectivity index (χ1) is 8.25. The summed E-state index contributed by atoms with van der Waals surface area (Å²) in [7, 11) is 1.31. The van der Waals surface area contributed by atoms with Gasteiger partial charge in [-0.3, -0.25) is 0 Å². The van der Waals surface area contributed by atoms with Gasteiger partial charge in [-0.1, -0.05) is 34.8 Å². The molecule has 0 spiro atoms. The van der Waals surface area contributed by atoms with E-state index < -0.39 is 33.2 Å². The maximum absolute atomic E-state index is 11.2. The van der Waals surface area contributed by atoms with Crippen LogP contribution in [0, 0.1) is 0 Å². The zero-order valence-electron chi connectivity index (χ0n) is 8.68. The van der Waals surface area contributed by atoms with E-state index in [0.29, 0.717) is 0 Å². The summed E-state index contributed by atoms with van der Waals surface area (Å²) in [5.41, 5.74) is 0. The molecule has 1 unspecified atom stereocenters. The molecule has 5 atom stereocenters. The summed E-state index contributed by atoms with van der Waals surface area (Å²) in [6.07, 6.45) is -2.82. The Morgan fingerprint density at radius 2 is 1.44 bits per heavy atom. The number of halogens is 5. The number of carbonyl (C=O) groups is 1. The minimum atomic E-state index is -1.67. The van der Waals surface area contributed by atoms with Crippen molar-refractivity contribution in [2.45, 2.75) is 27.0 Å². The number of ether oxygens (including phenoxy) is 3. The predicted octanol–water partition coefficient (Wildman–Crippen LogP) is 3.14. The van der Waals surface area contributed by atoms with Crippen LogP contribution in [-0.2, 0) is 14.2 Å². The van der Waals surface area contributed by atoms with Crippen LogP contribution in [0.5, 0.6) is 0 Å². The molecule has 1 saturated carbocycles. The molecule has 0 N–H and O–H groups in total. The largest absolute Gasteiger partial charge is 0.509 e. The Balaban J connectivity index is 2.28. The van der Waals surface area contributed by atoms with Crippen molar-refractivity contribution in [3.63, 3.8) is 0 Å². The van der Waals surface area contributed by atoms with Gasteiger partial charge < -0.3 is 14.2 Å². The Bertz CT molecular complexity index is 457. The highest BCUT2D eigenvalue weighted by Gasteiger charge is 2.88. The van der Waals surface area contributed by atoms with Crippen molar-refractivity contribution in [2.24, 2.45) is 0 Å². The minimum Gasteiger partial charge on any atom is -0.424 e. The lowest BCUT2D eigenvalue weighted by atomic mass is 10.0. The van der Waals surface area contributed by atoms with Gasteiger partial charge in [0.05, 0.1) is 10.1 Å². The molecule has 2 fully saturated rings. The molecular weight excluding hydrogens is 349 g/mol. The quantitative estimate of drug-likeness (QED) is 0.536. The maximum Gasteiger partial charge on any atom is 0.509 e. The first kappa shape index (κ1) is 13.4. The number of fused-ring (bicyclic) bond motifs is 5. The zero-order chi connectivity index (χ0) is 13.5. The fourth-order valence-electron chi connectivity index (χ4n) is 2.72. The van der Waals surface area contributed by atoms with Crippen molar-refractivity contribution in [1.82, 2.24) is 0 Å². The molecule has 0 aromatic rings. The second-order valence-corrected chi connectivity index (χ2v) is 6.66. The normalized spacial score (nSPS) is 53.6. The summed E-state index contributed by atoms with van der Waals surface area (Å²) in [5.74, 6) is 0. The van der Waals surface area contributed by atoms with E-state index in [1.807, 2.05) is 0 Å². The molecule has 1 saturated heterocycles. The molecule has 2 aliphatic carbocycles. The van der Waals surface area contributed by atoms with E-state index in [1.54, 1.807) is 0 Å². The Hall–Kier alpha value is 0.420. The summed E-state index contributed by atoms with van der Waals surface area (Å²) in [6.45, 7) is 0. The fourth-order valence-corrected chi connectivity index (χ4v) is 5.10. The second-order valence-electron chi connectivity index (χ2n) is 4.18. The van der Waals surface area contributed by atoms with Gasteiger partial charge in [-0.25, -0.2) is 4.79 Å². The molecule has 18 heavy (non-hydrogen) atoms. The van der Waals surface area contributed by atoms with Crippen LogP contribution in [-0.4, -0.2) is 40.3 Å². The summed E-state index contributed by atoms with van der Waals surface area (Å²) < 4.78 is 15.2. The molecule has 0 radical (unpaired) electrons.